The molecule has 27 heavy (non-hydrogen) atoms. The molecule has 0 aliphatic heterocycles. The van der Waals surface area contributed by atoms with E-state index in [-0.39, 0.29) is 0 Å². The first-order chi connectivity index (χ1) is 13.3. The monoisotopic (exact) mass is 447 g/mol. The Kier molecular flexibility index (Phi) is 7.67. The van der Waals surface area contributed by atoms with Gasteiger partial charge in [0.25, 0.3) is 0 Å². The molecule has 0 radical (unpaired) electrons. The van der Waals surface area contributed by atoms with Crippen LogP contribution in [0.1, 0.15) is 18.9 Å². The minimum atomic E-state index is 0.732. The number of hydrogen-bond donors (Lipinski definition) is 1. The summed E-state index contributed by atoms with van der Waals surface area (Å²) in [6.45, 7) is 4.49. The lowest BCUT2D eigenvalue weighted by molar-refractivity contribution is 0.315. The summed E-state index contributed by atoms with van der Waals surface area (Å²) < 4.78 is 8.43. The third-order valence-electron chi connectivity index (χ3n) is 3.74. The zero-order chi connectivity index (χ0) is 18.9. The molecule has 142 valence electrons. The van der Waals surface area contributed by atoms with Gasteiger partial charge in [0.2, 0.25) is 5.16 Å². The van der Waals surface area contributed by atoms with Gasteiger partial charge in [-0.25, -0.2) is 0 Å². The lowest BCUT2D eigenvalue weighted by Crippen LogP contribution is -2.16. The van der Waals surface area contributed by atoms with Gasteiger partial charge in [0.15, 0.2) is 0 Å². The second-order valence-electron chi connectivity index (χ2n) is 5.85. The highest BCUT2D eigenvalue weighted by molar-refractivity contribution is 9.10. The maximum Gasteiger partial charge on any atom is 0.214 e. The van der Waals surface area contributed by atoms with Crippen molar-refractivity contribution in [2.75, 3.05) is 18.9 Å². The van der Waals surface area contributed by atoms with Gasteiger partial charge in [-0.2, -0.15) is 4.68 Å². The highest BCUT2D eigenvalue weighted by atomic mass is 79.9. The van der Waals surface area contributed by atoms with Crippen LogP contribution in [0.25, 0.3) is 5.69 Å². The molecule has 1 heterocycles. The van der Waals surface area contributed by atoms with Gasteiger partial charge in [0.1, 0.15) is 5.75 Å². The van der Waals surface area contributed by atoms with Gasteiger partial charge >= 0.3 is 0 Å². The average molecular weight is 448 g/mol. The Labute approximate surface area is 171 Å². The summed E-state index contributed by atoms with van der Waals surface area (Å²) in [5, 5.41) is 16.2. The van der Waals surface area contributed by atoms with Crippen molar-refractivity contribution in [3.63, 3.8) is 0 Å². The fourth-order valence-electron chi connectivity index (χ4n) is 2.43. The van der Waals surface area contributed by atoms with Crippen LogP contribution in [-0.4, -0.2) is 39.1 Å². The van der Waals surface area contributed by atoms with E-state index in [1.165, 1.54) is 5.56 Å². The summed E-state index contributed by atoms with van der Waals surface area (Å²) in [6.07, 6.45) is 1.00. The van der Waals surface area contributed by atoms with Crippen LogP contribution in [-0.2, 0) is 6.54 Å². The predicted molar refractivity (Wildman–Crippen MR) is 112 cm³/mol. The van der Waals surface area contributed by atoms with Crippen LogP contribution in [0, 0.1) is 0 Å². The van der Waals surface area contributed by atoms with Crippen LogP contribution in [0.2, 0.25) is 0 Å². The Morgan fingerprint density at radius 1 is 1.19 bits per heavy atom. The number of nitrogens with one attached hydrogen (secondary N) is 1. The number of halogens is 1. The average Bonchev–Trinajstić information content (AvgIpc) is 3.16. The van der Waals surface area contributed by atoms with E-state index in [9.17, 15) is 0 Å². The lowest BCUT2D eigenvalue weighted by Gasteiger charge is -2.10. The molecule has 1 aromatic heterocycles. The molecule has 0 atom stereocenters. The Morgan fingerprint density at radius 3 is 2.81 bits per heavy atom. The van der Waals surface area contributed by atoms with E-state index in [1.807, 2.05) is 36.4 Å². The highest BCUT2D eigenvalue weighted by Crippen LogP contribution is 2.26. The number of benzene rings is 2. The van der Waals surface area contributed by atoms with Crippen molar-refractivity contribution in [1.29, 1.82) is 0 Å². The van der Waals surface area contributed by atoms with Gasteiger partial charge in [0, 0.05) is 18.8 Å². The number of nitrogens with zero attached hydrogens (tertiary/aromatic N) is 4. The molecule has 0 saturated heterocycles. The van der Waals surface area contributed by atoms with E-state index in [0.29, 0.717) is 0 Å². The SMILES string of the molecule is CCCOc1ccc(CNCCSc2nnnn2-c2ccccc2)cc1Br. The molecule has 0 spiro atoms. The summed E-state index contributed by atoms with van der Waals surface area (Å²) in [5.41, 5.74) is 2.18. The van der Waals surface area contributed by atoms with Crippen molar-refractivity contribution >= 4 is 27.7 Å². The van der Waals surface area contributed by atoms with E-state index in [2.05, 4.69) is 55.8 Å². The standard InChI is InChI=1S/C19H22BrN5OS/c1-2-11-26-18-9-8-15(13-17(18)20)14-21-10-12-27-19-22-23-24-25(19)16-6-4-3-5-7-16/h3-9,13,21H,2,10-12,14H2,1H3. The van der Waals surface area contributed by atoms with Crippen molar-refractivity contribution in [3.05, 3.63) is 58.6 Å². The first-order valence-corrected chi connectivity index (χ1v) is 10.6. The molecular formula is C19H22BrN5OS. The normalized spacial score (nSPS) is 10.9. The number of hydrogen-bond acceptors (Lipinski definition) is 6. The van der Waals surface area contributed by atoms with E-state index in [1.54, 1.807) is 16.4 Å². The number of aromatic nitrogens is 4. The summed E-state index contributed by atoms with van der Waals surface area (Å²) in [7, 11) is 0. The Bertz CT molecular complexity index is 843. The first-order valence-electron chi connectivity index (χ1n) is 8.86. The second-order valence-corrected chi connectivity index (χ2v) is 7.76. The number of para-hydroxylation sites is 1. The minimum absolute atomic E-state index is 0.732. The summed E-state index contributed by atoms with van der Waals surface area (Å²) in [5.74, 6) is 1.77. The quantitative estimate of drug-likeness (QED) is 0.372. The first kappa shape index (κ1) is 19.9. The number of ether oxygens (including phenoxy) is 1. The molecule has 6 nitrogen and oxygen atoms in total. The smallest absolute Gasteiger partial charge is 0.214 e. The molecule has 1 N–H and O–H groups in total. The largest absolute Gasteiger partial charge is 0.492 e. The van der Waals surface area contributed by atoms with Crippen LogP contribution in [0.15, 0.2) is 58.2 Å². The van der Waals surface area contributed by atoms with Crippen molar-refractivity contribution in [2.45, 2.75) is 25.0 Å². The van der Waals surface area contributed by atoms with Crippen LogP contribution in [0.3, 0.4) is 0 Å². The minimum Gasteiger partial charge on any atom is -0.492 e. The third-order valence-corrected chi connectivity index (χ3v) is 5.28. The van der Waals surface area contributed by atoms with Crippen LogP contribution in [0.5, 0.6) is 5.75 Å². The van der Waals surface area contributed by atoms with Crippen molar-refractivity contribution in [2.24, 2.45) is 0 Å². The lowest BCUT2D eigenvalue weighted by atomic mass is 10.2. The Hall–Kier alpha value is -1.90. The third kappa shape index (κ3) is 5.79. The van der Waals surface area contributed by atoms with E-state index >= 15 is 0 Å². The Balaban J connectivity index is 1.44. The van der Waals surface area contributed by atoms with Gasteiger partial charge < -0.3 is 10.1 Å². The van der Waals surface area contributed by atoms with Crippen molar-refractivity contribution < 1.29 is 4.74 Å². The molecule has 0 aliphatic carbocycles. The zero-order valence-corrected chi connectivity index (χ0v) is 17.5. The van der Waals surface area contributed by atoms with Crippen LogP contribution >= 0.6 is 27.7 Å². The Morgan fingerprint density at radius 2 is 2.04 bits per heavy atom. The molecule has 0 saturated carbocycles. The predicted octanol–water partition coefficient (Wildman–Crippen LogP) is 4.10. The number of thioether (sulfide) groups is 1. The molecule has 0 unspecified atom stereocenters. The number of rotatable bonds is 10. The summed E-state index contributed by atoms with van der Waals surface area (Å²) in [4.78, 5) is 0. The number of tetrazole rings is 1. The summed E-state index contributed by atoms with van der Waals surface area (Å²) >= 11 is 5.21. The van der Waals surface area contributed by atoms with Crippen LogP contribution < -0.4 is 10.1 Å². The molecule has 0 amide bonds. The van der Waals surface area contributed by atoms with Crippen molar-refractivity contribution in [1.82, 2.24) is 25.5 Å². The van der Waals surface area contributed by atoms with E-state index < -0.39 is 0 Å². The molecule has 3 rings (SSSR count). The second kappa shape index (κ2) is 10.4. The van der Waals surface area contributed by atoms with E-state index in [4.69, 9.17) is 4.74 Å². The molecule has 0 bridgehead atoms. The van der Waals surface area contributed by atoms with Gasteiger partial charge in [-0.15, -0.1) is 5.10 Å². The molecule has 8 heteroatoms. The molecular weight excluding hydrogens is 426 g/mol. The van der Waals surface area contributed by atoms with Crippen LogP contribution in [0.4, 0.5) is 0 Å². The molecule has 2 aromatic carbocycles. The van der Waals surface area contributed by atoms with Gasteiger partial charge in [-0.05, 0) is 62.6 Å². The topological polar surface area (TPSA) is 64.9 Å². The van der Waals surface area contributed by atoms with Gasteiger partial charge in [0.05, 0.1) is 16.8 Å². The zero-order valence-electron chi connectivity index (χ0n) is 15.1. The molecule has 0 aliphatic rings. The fraction of sp³-hybridized carbons (Fsp3) is 0.316. The summed E-state index contributed by atoms with van der Waals surface area (Å²) in [6, 6.07) is 16.1. The fourth-order valence-corrected chi connectivity index (χ4v) is 3.76. The molecule has 0 fully saturated rings. The van der Waals surface area contributed by atoms with Gasteiger partial charge in [-0.3, -0.25) is 0 Å². The maximum absolute atomic E-state index is 5.68. The maximum atomic E-state index is 5.68. The highest BCUT2D eigenvalue weighted by Gasteiger charge is 2.08. The molecule has 3 aromatic rings. The van der Waals surface area contributed by atoms with E-state index in [0.717, 1.165) is 52.9 Å². The van der Waals surface area contributed by atoms with Crippen molar-refractivity contribution in [3.8, 4) is 11.4 Å². The van der Waals surface area contributed by atoms with Gasteiger partial charge in [-0.1, -0.05) is 43.0 Å².